The molecule has 0 aliphatic carbocycles. The number of ether oxygens (including phenoxy) is 1. The summed E-state index contributed by atoms with van der Waals surface area (Å²) < 4.78 is 8.22. The maximum Gasteiger partial charge on any atom is 0.147 e. The number of hydrogen-bond donors (Lipinski definition) is 1. The topological polar surface area (TPSA) is 53.1 Å². The number of hydrogen-bond acceptors (Lipinski definition) is 3. The number of aromatic nitrogens is 2. The molecular weight excluding hydrogens is 298 g/mol. The normalized spacial score (nSPS) is 11.1. The number of fused-ring (bicyclic) bond motifs is 1. The first-order valence-corrected chi connectivity index (χ1v) is 8.67. The van der Waals surface area contributed by atoms with Crippen LogP contribution in [0.25, 0.3) is 11.0 Å². The van der Waals surface area contributed by atoms with Gasteiger partial charge in [0.05, 0.1) is 11.0 Å². The zero-order valence-corrected chi connectivity index (χ0v) is 14.2. The Bertz CT molecular complexity index is 777. The SMILES string of the molecule is CCc1ccc(OCc2nc3ccccc3n2CCCCN)cc1. The molecule has 3 rings (SSSR count). The van der Waals surface area contributed by atoms with Gasteiger partial charge in [-0.15, -0.1) is 0 Å². The summed E-state index contributed by atoms with van der Waals surface area (Å²) in [5, 5.41) is 0. The van der Waals surface area contributed by atoms with E-state index in [2.05, 4.69) is 35.8 Å². The molecule has 0 atom stereocenters. The van der Waals surface area contributed by atoms with Gasteiger partial charge < -0.3 is 15.0 Å². The Labute approximate surface area is 143 Å². The van der Waals surface area contributed by atoms with E-state index in [1.165, 1.54) is 5.56 Å². The third-order valence-electron chi connectivity index (χ3n) is 4.27. The van der Waals surface area contributed by atoms with Crippen LogP contribution in [0.1, 0.15) is 31.2 Å². The molecule has 126 valence electrons. The van der Waals surface area contributed by atoms with Crippen molar-refractivity contribution in [3.05, 3.63) is 59.9 Å². The number of nitrogens with two attached hydrogens (primary N) is 1. The zero-order valence-electron chi connectivity index (χ0n) is 14.2. The maximum absolute atomic E-state index is 5.96. The van der Waals surface area contributed by atoms with Crippen molar-refractivity contribution in [3.63, 3.8) is 0 Å². The molecule has 1 heterocycles. The van der Waals surface area contributed by atoms with Crippen LogP contribution in [-0.4, -0.2) is 16.1 Å². The highest BCUT2D eigenvalue weighted by molar-refractivity contribution is 5.75. The Morgan fingerprint density at radius 2 is 1.83 bits per heavy atom. The fourth-order valence-corrected chi connectivity index (χ4v) is 2.87. The zero-order chi connectivity index (χ0) is 16.8. The van der Waals surface area contributed by atoms with E-state index in [0.29, 0.717) is 6.61 Å². The van der Waals surface area contributed by atoms with Crippen molar-refractivity contribution in [1.29, 1.82) is 0 Å². The van der Waals surface area contributed by atoms with Crippen molar-refractivity contribution in [2.24, 2.45) is 5.73 Å². The summed E-state index contributed by atoms with van der Waals surface area (Å²) in [6.45, 7) is 4.27. The average molecular weight is 323 g/mol. The van der Waals surface area contributed by atoms with E-state index in [1.807, 2.05) is 24.3 Å². The summed E-state index contributed by atoms with van der Waals surface area (Å²) in [6.07, 6.45) is 3.11. The Morgan fingerprint density at radius 1 is 1.04 bits per heavy atom. The predicted octanol–water partition coefficient (Wildman–Crippen LogP) is 3.92. The summed E-state index contributed by atoms with van der Waals surface area (Å²) >= 11 is 0. The summed E-state index contributed by atoms with van der Waals surface area (Å²) in [4.78, 5) is 4.75. The predicted molar refractivity (Wildman–Crippen MR) is 98.2 cm³/mol. The first kappa shape index (κ1) is 16.5. The maximum atomic E-state index is 5.96. The fraction of sp³-hybridized carbons (Fsp3) is 0.350. The van der Waals surface area contributed by atoms with Gasteiger partial charge in [0.15, 0.2) is 0 Å². The van der Waals surface area contributed by atoms with Gasteiger partial charge in [0.25, 0.3) is 0 Å². The van der Waals surface area contributed by atoms with Crippen molar-refractivity contribution in [2.75, 3.05) is 6.54 Å². The van der Waals surface area contributed by atoms with E-state index in [-0.39, 0.29) is 0 Å². The van der Waals surface area contributed by atoms with Gasteiger partial charge >= 0.3 is 0 Å². The van der Waals surface area contributed by atoms with E-state index in [1.54, 1.807) is 0 Å². The number of rotatable bonds is 8. The van der Waals surface area contributed by atoms with Gasteiger partial charge in [-0.1, -0.05) is 31.2 Å². The second-order valence-electron chi connectivity index (χ2n) is 5.95. The van der Waals surface area contributed by atoms with E-state index < -0.39 is 0 Å². The van der Waals surface area contributed by atoms with Gasteiger partial charge in [0.2, 0.25) is 0 Å². The molecule has 0 spiro atoms. The van der Waals surface area contributed by atoms with Gasteiger partial charge in [-0.3, -0.25) is 0 Å². The Hall–Kier alpha value is -2.33. The lowest BCUT2D eigenvalue weighted by Crippen LogP contribution is -2.09. The molecule has 2 aromatic carbocycles. The molecule has 0 unspecified atom stereocenters. The third kappa shape index (κ3) is 3.77. The summed E-state index contributed by atoms with van der Waals surface area (Å²) in [6, 6.07) is 16.5. The minimum absolute atomic E-state index is 0.475. The second-order valence-corrected chi connectivity index (χ2v) is 5.95. The monoisotopic (exact) mass is 323 g/mol. The number of unbranched alkanes of at least 4 members (excludes halogenated alkanes) is 1. The molecule has 0 aliphatic rings. The van der Waals surface area contributed by atoms with E-state index in [0.717, 1.165) is 55.0 Å². The van der Waals surface area contributed by atoms with Crippen LogP contribution in [-0.2, 0) is 19.6 Å². The Balaban J connectivity index is 1.77. The average Bonchev–Trinajstić information content (AvgIpc) is 2.98. The highest BCUT2D eigenvalue weighted by Gasteiger charge is 2.10. The van der Waals surface area contributed by atoms with Crippen molar-refractivity contribution in [2.45, 2.75) is 39.3 Å². The van der Waals surface area contributed by atoms with Gasteiger partial charge in [-0.2, -0.15) is 0 Å². The summed E-state index contributed by atoms with van der Waals surface area (Å²) in [5.74, 6) is 1.85. The van der Waals surface area contributed by atoms with Crippen LogP contribution in [0.2, 0.25) is 0 Å². The first-order chi connectivity index (χ1) is 11.8. The molecule has 0 aliphatic heterocycles. The smallest absolute Gasteiger partial charge is 0.147 e. The van der Waals surface area contributed by atoms with Crippen LogP contribution >= 0.6 is 0 Å². The molecule has 3 aromatic rings. The standard InChI is InChI=1S/C20H25N3O/c1-2-16-9-11-17(12-10-16)24-15-20-22-18-7-3-4-8-19(18)23(20)14-6-5-13-21/h3-4,7-12H,2,5-6,13-15,21H2,1H3. The molecule has 4 nitrogen and oxygen atoms in total. The molecule has 0 amide bonds. The van der Waals surface area contributed by atoms with Crippen LogP contribution in [0.5, 0.6) is 5.75 Å². The summed E-state index contributed by atoms with van der Waals surface area (Å²) in [5.41, 5.74) is 9.12. The van der Waals surface area contributed by atoms with E-state index in [9.17, 15) is 0 Å². The first-order valence-electron chi connectivity index (χ1n) is 8.67. The number of nitrogens with zero attached hydrogens (tertiary/aromatic N) is 2. The van der Waals surface area contributed by atoms with Gasteiger partial charge in [-0.05, 0) is 55.6 Å². The number of benzene rings is 2. The lowest BCUT2D eigenvalue weighted by Gasteiger charge is -2.10. The van der Waals surface area contributed by atoms with E-state index >= 15 is 0 Å². The second kappa shape index (κ2) is 7.97. The van der Waals surface area contributed by atoms with Crippen LogP contribution in [0.15, 0.2) is 48.5 Å². The molecule has 0 saturated heterocycles. The van der Waals surface area contributed by atoms with Gasteiger partial charge in [0, 0.05) is 6.54 Å². The third-order valence-corrected chi connectivity index (χ3v) is 4.27. The van der Waals surface area contributed by atoms with Crippen LogP contribution in [0.4, 0.5) is 0 Å². The number of aryl methyl sites for hydroxylation is 2. The molecule has 0 saturated carbocycles. The minimum Gasteiger partial charge on any atom is -0.486 e. The van der Waals surface area contributed by atoms with Crippen molar-refractivity contribution < 1.29 is 4.74 Å². The fourth-order valence-electron chi connectivity index (χ4n) is 2.87. The molecular formula is C20H25N3O. The molecule has 0 radical (unpaired) electrons. The van der Waals surface area contributed by atoms with Crippen molar-refractivity contribution in [1.82, 2.24) is 9.55 Å². The Kier molecular flexibility index (Phi) is 5.49. The quantitative estimate of drug-likeness (QED) is 0.639. The lowest BCUT2D eigenvalue weighted by atomic mass is 10.2. The van der Waals surface area contributed by atoms with Crippen molar-refractivity contribution in [3.8, 4) is 5.75 Å². The minimum atomic E-state index is 0.475. The van der Waals surface area contributed by atoms with Crippen molar-refractivity contribution >= 4 is 11.0 Å². The highest BCUT2D eigenvalue weighted by Crippen LogP contribution is 2.19. The summed E-state index contributed by atoms with van der Waals surface area (Å²) in [7, 11) is 0. The van der Waals surface area contributed by atoms with Gasteiger partial charge in [-0.25, -0.2) is 4.98 Å². The molecule has 4 heteroatoms. The molecule has 0 fully saturated rings. The molecule has 1 aromatic heterocycles. The molecule has 2 N–H and O–H groups in total. The van der Waals surface area contributed by atoms with Crippen LogP contribution in [0, 0.1) is 0 Å². The van der Waals surface area contributed by atoms with Crippen LogP contribution in [0.3, 0.4) is 0 Å². The largest absolute Gasteiger partial charge is 0.486 e. The van der Waals surface area contributed by atoms with Gasteiger partial charge in [0.1, 0.15) is 18.2 Å². The highest BCUT2D eigenvalue weighted by atomic mass is 16.5. The number of imidazole rings is 1. The van der Waals surface area contributed by atoms with E-state index in [4.69, 9.17) is 15.5 Å². The molecule has 0 bridgehead atoms. The lowest BCUT2D eigenvalue weighted by molar-refractivity contribution is 0.289. The van der Waals surface area contributed by atoms with Crippen LogP contribution < -0.4 is 10.5 Å². The molecule has 24 heavy (non-hydrogen) atoms. The Morgan fingerprint density at radius 3 is 2.58 bits per heavy atom. The number of para-hydroxylation sites is 2.